The van der Waals surface area contributed by atoms with Crippen LogP contribution >= 0.6 is 11.6 Å². The fourth-order valence-corrected chi connectivity index (χ4v) is 3.90. The maximum atomic E-state index is 14.9. The fourth-order valence-electron chi connectivity index (χ4n) is 3.64. The summed E-state index contributed by atoms with van der Waals surface area (Å²) in [5.41, 5.74) is -1.30. The Morgan fingerprint density at radius 1 is 0.970 bits per heavy atom. The summed E-state index contributed by atoms with van der Waals surface area (Å²) in [5, 5.41) is -0.351. The summed E-state index contributed by atoms with van der Waals surface area (Å²) in [4.78, 5) is 25.0. The van der Waals surface area contributed by atoms with Crippen LogP contribution in [0.4, 0.5) is 17.6 Å². The summed E-state index contributed by atoms with van der Waals surface area (Å²) >= 11 is 6.01. The SMILES string of the molecule is COC(=O)c1ccc(-c2cc(C(=O)c3c(Cl)cccc3C(F)(F)F)n3ccccc23)c(F)c1. The van der Waals surface area contributed by atoms with Crippen LogP contribution in [0, 0.1) is 5.82 Å². The summed E-state index contributed by atoms with van der Waals surface area (Å²) in [6, 6.07) is 12.9. The number of halogens is 5. The van der Waals surface area contributed by atoms with E-state index in [4.69, 9.17) is 11.6 Å². The summed E-state index contributed by atoms with van der Waals surface area (Å²) in [6.45, 7) is 0. The van der Waals surface area contributed by atoms with E-state index in [1.165, 1.54) is 34.9 Å². The second-order valence-electron chi connectivity index (χ2n) is 7.07. The predicted molar refractivity (Wildman–Crippen MR) is 114 cm³/mol. The van der Waals surface area contributed by atoms with Gasteiger partial charge in [-0.1, -0.05) is 29.8 Å². The van der Waals surface area contributed by atoms with Crippen LogP contribution < -0.4 is 0 Å². The number of pyridine rings is 1. The quantitative estimate of drug-likeness (QED) is 0.194. The smallest absolute Gasteiger partial charge is 0.417 e. The Labute approximate surface area is 190 Å². The Kier molecular flexibility index (Phi) is 5.71. The van der Waals surface area contributed by atoms with Gasteiger partial charge in [-0.05, 0) is 42.5 Å². The lowest BCUT2D eigenvalue weighted by atomic mass is 9.99. The van der Waals surface area contributed by atoms with Crippen LogP contribution in [0.1, 0.15) is 32.0 Å². The Balaban J connectivity index is 1.92. The summed E-state index contributed by atoms with van der Waals surface area (Å²) in [6.07, 6.45) is -3.32. The molecule has 4 rings (SSSR count). The molecule has 0 radical (unpaired) electrons. The lowest BCUT2D eigenvalue weighted by molar-refractivity contribution is -0.137. The third-order valence-corrected chi connectivity index (χ3v) is 5.45. The molecule has 0 atom stereocenters. The minimum atomic E-state index is -4.80. The number of methoxy groups -OCH3 is 1. The van der Waals surface area contributed by atoms with Gasteiger partial charge in [-0.15, -0.1) is 0 Å². The fraction of sp³-hybridized carbons (Fsp3) is 0.0833. The number of hydrogen-bond donors (Lipinski definition) is 0. The highest BCUT2D eigenvalue weighted by Gasteiger charge is 2.37. The number of carbonyl (C=O) groups excluding carboxylic acids is 2. The van der Waals surface area contributed by atoms with Crippen LogP contribution in [-0.2, 0) is 10.9 Å². The number of rotatable bonds is 4. The zero-order chi connectivity index (χ0) is 23.9. The minimum absolute atomic E-state index is 0.00977. The molecule has 0 bridgehead atoms. The second kappa shape index (κ2) is 8.37. The largest absolute Gasteiger partial charge is 0.465 e. The maximum absolute atomic E-state index is 14.9. The van der Waals surface area contributed by atoms with Crippen LogP contribution in [0.15, 0.2) is 66.9 Å². The van der Waals surface area contributed by atoms with Gasteiger partial charge in [0, 0.05) is 17.3 Å². The van der Waals surface area contributed by atoms with Crippen molar-refractivity contribution in [2.45, 2.75) is 6.18 Å². The molecule has 9 heteroatoms. The molecule has 168 valence electrons. The predicted octanol–water partition coefficient (Wildman–Crippen LogP) is 6.44. The van der Waals surface area contributed by atoms with Gasteiger partial charge in [0.15, 0.2) is 0 Å². The molecule has 0 saturated carbocycles. The van der Waals surface area contributed by atoms with E-state index < -0.39 is 34.9 Å². The molecule has 0 spiro atoms. The first-order valence-corrected chi connectivity index (χ1v) is 9.90. The van der Waals surface area contributed by atoms with Crippen LogP contribution in [0.5, 0.6) is 0 Å². The zero-order valence-electron chi connectivity index (χ0n) is 16.9. The highest BCUT2D eigenvalue weighted by Crippen LogP contribution is 2.38. The molecule has 0 aliphatic heterocycles. The maximum Gasteiger partial charge on any atom is 0.417 e. The van der Waals surface area contributed by atoms with Crippen molar-refractivity contribution in [1.82, 2.24) is 4.40 Å². The Hall–Kier alpha value is -3.65. The highest BCUT2D eigenvalue weighted by molar-refractivity contribution is 6.35. The summed E-state index contributed by atoms with van der Waals surface area (Å²) < 4.78 is 61.6. The molecule has 0 N–H and O–H groups in total. The summed E-state index contributed by atoms with van der Waals surface area (Å²) in [5.74, 6) is -2.45. The highest BCUT2D eigenvalue weighted by atomic mass is 35.5. The van der Waals surface area contributed by atoms with Gasteiger partial charge in [0.2, 0.25) is 5.78 Å². The molecule has 2 aromatic heterocycles. The number of hydrogen-bond acceptors (Lipinski definition) is 3. The van der Waals surface area contributed by atoms with Crippen molar-refractivity contribution in [3.05, 3.63) is 100 Å². The van der Waals surface area contributed by atoms with Gasteiger partial charge in [0.25, 0.3) is 0 Å². The standard InChI is InChI=1S/C24H14ClF4NO3/c1-33-23(32)13-8-9-14(18(26)11-13)15-12-20(30-10-3-2-7-19(15)30)22(31)21-16(24(27,28)29)5-4-6-17(21)25/h2-12H,1H3. The zero-order valence-corrected chi connectivity index (χ0v) is 17.7. The van der Waals surface area contributed by atoms with E-state index in [1.807, 2.05) is 0 Å². The lowest BCUT2D eigenvalue weighted by Gasteiger charge is -2.13. The molecule has 0 saturated heterocycles. The molecule has 2 heterocycles. The number of alkyl halides is 3. The van der Waals surface area contributed by atoms with Crippen molar-refractivity contribution in [1.29, 1.82) is 0 Å². The molecule has 0 amide bonds. The van der Waals surface area contributed by atoms with Gasteiger partial charge in [0.05, 0.1) is 40.0 Å². The molecule has 0 unspecified atom stereocenters. The van der Waals surface area contributed by atoms with Gasteiger partial charge in [0.1, 0.15) is 5.82 Å². The molecule has 4 nitrogen and oxygen atoms in total. The molecule has 4 aromatic rings. The Bertz CT molecular complexity index is 1410. The third-order valence-electron chi connectivity index (χ3n) is 5.14. The van der Waals surface area contributed by atoms with Crippen LogP contribution in [0.2, 0.25) is 5.02 Å². The van der Waals surface area contributed by atoms with Gasteiger partial charge in [-0.25, -0.2) is 9.18 Å². The van der Waals surface area contributed by atoms with Crippen LogP contribution in [0.25, 0.3) is 16.6 Å². The van der Waals surface area contributed by atoms with E-state index in [-0.39, 0.29) is 27.4 Å². The number of ketones is 1. The van der Waals surface area contributed by atoms with E-state index in [1.54, 1.807) is 18.2 Å². The Morgan fingerprint density at radius 3 is 2.39 bits per heavy atom. The molecular weight excluding hydrogens is 462 g/mol. The van der Waals surface area contributed by atoms with Crippen molar-refractivity contribution in [3.63, 3.8) is 0 Å². The van der Waals surface area contributed by atoms with E-state index in [0.717, 1.165) is 25.3 Å². The van der Waals surface area contributed by atoms with Crippen molar-refractivity contribution in [3.8, 4) is 11.1 Å². The number of esters is 1. The molecule has 33 heavy (non-hydrogen) atoms. The number of nitrogens with zero attached hydrogens (tertiary/aromatic N) is 1. The first-order chi connectivity index (χ1) is 15.6. The first kappa shape index (κ1) is 22.5. The summed E-state index contributed by atoms with van der Waals surface area (Å²) in [7, 11) is 1.16. The first-order valence-electron chi connectivity index (χ1n) is 9.52. The van der Waals surface area contributed by atoms with E-state index in [9.17, 15) is 27.2 Å². The van der Waals surface area contributed by atoms with Gasteiger partial charge >= 0.3 is 12.1 Å². The van der Waals surface area contributed by atoms with Crippen molar-refractivity contribution in [2.75, 3.05) is 7.11 Å². The van der Waals surface area contributed by atoms with Crippen LogP contribution in [0.3, 0.4) is 0 Å². The normalized spacial score (nSPS) is 11.6. The van der Waals surface area contributed by atoms with Crippen molar-refractivity contribution in [2.24, 2.45) is 0 Å². The number of fused-ring (bicyclic) bond motifs is 1. The number of ether oxygens (including phenoxy) is 1. The van der Waals surface area contributed by atoms with Crippen molar-refractivity contribution >= 4 is 28.9 Å². The third kappa shape index (κ3) is 3.98. The molecule has 0 aliphatic carbocycles. The Morgan fingerprint density at radius 2 is 1.73 bits per heavy atom. The average Bonchev–Trinajstić information content (AvgIpc) is 3.16. The average molecular weight is 476 g/mol. The van der Waals surface area contributed by atoms with Crippen molar-refractivity contribution < 1.29 is 31.9 Å². The van der Waals surface area contributed by atoms with E-state index in [2.05, 4.69) is 4.74 Å². The second-order valence-corrected chi connectivity index (χ2v) is 7.48. The van der Waals surface area contributed by atoms with Gasteiger partial charge < -0.3 is 9.14 Å². The molecule has 0 fully saturated rings. The molecule has 0 aliphatic rings. The van der Waals surface area contributed by atoms with E-state index in [0.29, 0.717) is 5.52 Å². The number of benzene rings is 2. The van der Waals surface area contributed by atoms with Gasteiger partial charge in [-0.3, -0.25) is 4.79 Å². The lowest BCUT2D eigenvalue weighted by Crippen LogP contribution is -2.15. The topological polar surface area (TPSA) is 47.8 Å². The molecule has 2 aromatic carbocycles. The van der Waals surface area contributed by atoms with Gasteiger partial charge in [-0.2, -0.15) is 13.2 Å². The molecular formula is C24H14ClF4NO3. The number of aromatic nitrogens is 1. The van der Waals surface area contributed by atoms with Crippen LogP contribution in [-0.4, -0.2) is 23.3 Å². The van der Waals surface area contributed by atoms with E-state index >= 15 is 0 Å². The number of carbonyl (C=O) groups is 2. The minimum Gasteiger partial charge on any atom is -0.465 e. The monoisotopic (exact) mass is 475 g/mol.